The van der Waals surface area contributed by atoms with Crippen LogP contribution >= 0.6 is 11.6 Å². The van der Waals surface area contributed by atoms with E-state index in [-0.39, 0.29) is 22.8 Å². The number of hydroxylamine groups is 1. The van der Waals surface area contributed by atoms with Crippen molar-refractivity contribution in [1.82, 2.24) is 15.8 Å². The molecule has 1 heterocycles. The van der Waals surface area contributed by atoms with Crippen LogP contribution in [0.5, 0.6) is 0 Å². The van der Waals surface area contributed by atoms with Gasteiger partial charge in [0.05, 0.1) is 5.69 Å². The largest absolute Gasteiger partial charge is 0.366 e. The van der Waals surface area contributed by atoms with Crippen LogP contribution in [0.3, 0.4) is 0 Å². The van der Waals surface area contributed by atoms with Gasteiger partial charge in [0.15, 0.2) is 11.5 Å². The summed E-state index contributed by atoms with van der Waals surface area (Å²) in [7, 11) is 0. The van der Waals surface area contributed by atoms with E-state index < -0.39 is 5.91 Å². The van der Waals surface area contributed by atoms with Gasteiger partial charge in [-0.05, 0) is 34.6 Å². The Bertz CT molecular complexity index is 954. The van der Waals surface area contributed by atoms with Gasteiger partial charge in [-0.2, -0.15) is 0 Å². The Kier molecular flexibility index (Phi) is 4.73. The Balaban J connectivity index is 2.11. The third-order valence-corrected chi connectivity index (χ3v) is 3.55. The van der Waals surface area contributed by atoms with E-state index in [2.05, 4.69) is 15.3 Å². The fraction of sp³-hybridized carbons (Fsp3) is 0. The van der Waals surface area contributed by atoms with Gasteiger partial charge in [0.1, 0.15) is 5.69 Å². The summed E-state index contributed by atoms with van der Waals surface area (Å²) >= 11 is 5.93. The highest BCUT2D eigenvalue weighted by Crippen LogP contribution is 2.26. The van der Waals surface area contributed by atoms with Crippen molar-refractivity contribution in [3.8, 4) is 11.3 Å². The van der Waals surface area contributed by atoms with Gasteiger partial charge >= 0.3 is 0 Å². The summed E-state index contributed by atoms with van der Waals surface area (Å²) in [4.78, 5) is 15.9. The summed E-state index contributed by atoms with van der Waals surface area (Å²) in [5, 5.41) is 17.5. The zero-order chi connectivity index (χ0) is 17.8. The number of nitrogens with two attached hydrogens (primary N) is 1. The quantitative estimate of drug-likeness (QED) is 0.374. The molecular formula is C16H12ClN5O3. The number of hydrogen-bond acceptors (Lipinski definition) is 6. The molecule has 0 unspecified atom stereocenters. The number of amidine groups is 1. The van der Waals surface area contributed by atoms with E-state index in [0.29, 0.717) is 16.3 Å². The monoisotopic (exact) mass is 357 g/mol. The number of benzene rings is 2. The van der Waals surface area contributed by atoms with Gasteiger partial charge in [-0.25, -0.2) is 9.62 Å². The van der Waals surface area contributed by atoms with E-state index in [0.717, 1.165) is 0 Å². The Morgan fingerprint density at radius 1 is 1.20 bits per heavy atom. The standard InChI is InChI=1S/C16H12ClN5O3/c17-9-4-3-5-10(8-9)19-16(20-24)14-13(21-25-22-14)11-6-1-2-7-12(11)15(18)23/h1-8,24H,(H2,18,23)(H,19,20). The maximum absolute atomic E-state index is 11.6. The molecule has 126 valence electrons. The summed E-state index contributed by atoms with van der Waals surface area (Å²) in [5.41, 5.74) is 8.78. The number of halogens is 1. The molecule has 4 N–H and O–H groups in total. The van der Waals surface area contributed by atoms with Crippen LogP contribution in [0.2, 0.25) is 5.02 Å². The van der Waals surface area contributed by atoms with Gasteiger partial charge in [-0.3, -0.25) is 15.5 Å². The molecule has 0 aliphatic rings. The summed E-state index contributed by atoms with van der Waals surface area (Å²) in [6.45, 7) is 0. The van der Waals surface area contributed by atoms with Gasteiger partial charge in [0.2, 0.25) is 5.91 Å². The molecule has 0 saturated heterocycles. The molecule has 3 rings (SSSR count). The Labute approximate surface area is 146 Å². The summed E-state index contributed by atoms with van der Waals surface area (Å²) < 4.78 is 4.77. The van der Waals surface area contributed by atoms with Crippen LogP contribution in [0.4, 0.5) is 5.69 Å². The highest BCUT2D eigenvalue weighted by atomic mass is 35.5. The van der Waals surface area contributed by atoms with Crippen molar-refractivity contribution >= 4 is 29.0 Å². The molecule has 0 radical (unpaired) electrons. The number of nitrogens with zero attached hydrogens (tertiary/aromatic N) is 3. The van der Waals surface area contributed by atoms with Gasteiger partial charge in [0.25, 0.3) is 0 Å². The van der Waals surface area contributed by atoms with Crippen LogP contribution in [-0.2, 0) is 0 Å². The van der Waals surface area contributed by atoms with Crippen molar-refractivity contribution in [2.45, 2.75) is 0 Å². The van der Waals surface area contributed by atoms with Crippen molar-refractivity contribution in [3.63, 3.8) is 0 Å². The zero-order valence-electron chi connectivity index (χ0n) is 12.7. The fourth-order valence-corrected chi connectivity index (χ4v) is 2.42. The first-order chi connectivity index (χ1) is 12.1. The molecule has 0 bridgehead atoms. The van der Waals surface area contributed by atoms with Crippen LogP contribution in [0.1, 0.15) is 16.1 Å². The zero-order valence-corrected chi connectivity index (χ0v) is 13.4. The molecule has 0 fully saturated rings. The number of carbonyl (C=O) groups excluding carboxylic acids is 1. The topological polar surface area (TPSA) is 127 Å². The molecule has 9 heteroatoms. The maximum Gasteiger partial charge on any atom is 0.249 e. The number of primary amides is 1. The number of aliphatic imine (C=N–C) groups is 1. The lowest BCUT2D eigenvalue weighted by atomic mass is 10.0. The second-order valence-electron chi connectivity index (χ2n) is 4.92. The normalized spacial score (nSPS) is 11.4. The van der Waals surface area contributed by atoms with E-state index in [1.807, 2.05) is 5.48 Å². The molecule has 3 aromatic rings. The molecule has 8 nitrogen and oxygen atoms in total. The minimum absolute atomic E-state index is 0.0298. The summed E-state index contributed by atoms with van der Waals surface area (Å²) in [6, 6.07) is 13.3. The van der Waals surface area contributed by atoms with Crippen LogP contribution in [0.25, 0.3) is 11.3 Å². The third kappa shape index (κ3) is 3.49. The number of amides is 1. The van der Waals surface area contributed by atoms with E-state index in [1.165, 1.54) is 0 Å². The second kappa shape index (κ2) is 7.12. The minimum atomic E-state index is -0.630. The third-order valence-electron chi connectivity index (χ3n) is 3.32. The lowest BCUT2D eigenvalue weighted by Gasteiger charge is -2.06. The molecule has 0 aliphatic carbocycles. The average molecular weight is 358 g/mol. The first kappa shape index (κ1) is 16.6. The van der Waals surface area contributed by atoms with Gasteiger partial charge in [-0.15, -0.1) is 0 Å². The lowest BCUT2D eigenvalue weighted by molar-refractivity contribution is 0.100. The number of nitrogens with one attached hydrogen (secondary N) is 1. The molecule has 1 aromatic heterocycles. The molecule has 0 atom stereocenters. The Morgan fingerprint density at radius 2 is 2.00 bits per heavy atom. The van der Waals surface area contributed by atoms with E-state index in [9.17, 15) is 10.0 Å². The van der Waals surface area contributed by atoms with E-state index in [4.69, 9.17) is 22.0 Å². The predicted molar refractivity (Wildman–Crippen MR) is 90.8 cm³/mol. The fourth-order valence-electron chi connectivity index (χ4n) is 2.23. The Morgan fingerprint density at radius 3 is 2.72 bits per heavy atom. The van der Waals surface area contributed by atoms with Crippen LogP contribution < -0.4 is 11.2 Å². The smallest absolute Gasteiger partial charge is 0.249 e. The lowest BCUT2D eigenvalue weighted by Crippen LogP contribution is -2.21. The van der Waals surface area contributed by atoms with Crippen molar-refractivity contribution in [2.75, 3.05) is 0 Å². The van der Waals surface area contributed by atoms with Gasteiger partial charge < -0.3 is 5.73 Å². The van der Waals surface area contributed by atoms with Crippen molar-refractivity contribution in [2.24, 2.45) is 10.7 Å². The molecule has 0 saturated carbocycles. The SMILES string of the molecule is NC(=O)c1ccccc1-c1nonc1C(=Nc1cccc(Cl)c1)NO. The number of carbonyl (C=O) groups is 1. The first-order valence-electron chi connectivity index (χ1n) is 7.06. The van der Waals surface area contributed by atoms with E-state index in [1.54, 1.807) is 48.5 Å². The molecule has 25 heavy (non-hydrogen) atoms. The number of aromatic nitrogens is 2. The number of hydrogen-bond donors (Lipinski definition) is 3. The van der Waals surface area contributed by atoms with Crippen molar-refractivity contribution in [1.29, 1.82) is 0 Å². The van der Waals surface area contributed by atoms with Crippen LogP contribution in [0, 0.1) is 0 Å². The molecule has 0 spiro atoms. The summed E-state index contributed by atoms with van der Waals surface area (Å²) in [5.74, 6) is -0.660. The second-order valence-corrected chi connectivity index (χ2v) is 5.36. The van der Waals surface area contributed by atoms with Gasteiger partial charge in [-0.1, -0.05) is 35.9 Å². The maximum atomic E-state index is 11.6. The minimum Gasteiger partial charge on any atom is -0.366 e. The average Bonchev–Trinajstić information content (AvgIpc) is 3.09. The van der Waals surface area contributed by atoms with Crippen molar-refractivity contribution in [3.05, 3.63) is 64.8 Å². The highest BCUT2D eigenvalue weighted by molar-refractivity contribution is 6.30. The first-order valence-corrected chi connectivity index (χ1v) is 7.44. The van der Waals surface area contributed by atoms with E-state index >= 15 is 0 Å². The molecular weight excluding hydrogens is 346 g/mol. The predicted octanol–water partition coefficient (Wildman–Crippen LogP) is 2.55. The number of rotatable bonds is 4. The van der Waals surface area contributed by atoms with Crippen LogP contribution in [0.15, 0.2) is 58.2 Å². The Hall–Kier alpha value is -3.23. The molecule has 0 aliphatic heterocycles. The molecule has 2 aromatic carbocycles. The van der Waals surface area contributed by atoms with Crippen LogP contribution in [-0.4, -0.2) is 27.3 Å². The van der Waals surface area contributed by atoms with Gasteiger partial charge in [0, 0.05) is 16.1 Å². The summed E-state index contributed by atoms with van der Waals surface area (Å²) in [6.07, 6.45) is 0. The van der Waals surface area contributed by atoms with Crippen molar-refractivity contribution < 1.29 is 14.6 Å². The molecule has 1 amide bonds. The highest BCUT2D eigenvalue weighted by Gasteiger charge is 2.21.